The minimum absolute atomic E-state index is 0.203. The van der Waals surface area contributed by atoms with Crippen molar-refractivity contribution in [3.05, 3.63) is 30.3 Å². The fourth-order valence-corrected chi connectivity index (χ4v) is 4.70. The second-order valence-electron chi connectivity index (χ2n) is 6.13. The SMILES string of the molecule is CN=C(NCCS(=O)c1ccccc1)NC1CCN(S(=O)(=O)C(F)(F)F)CC1. The van der Waals surface area contributed by atoms with E-state index in [1.807, 2.05) is 18.2 Å². The van der Waals surface area contributed by atoms with Gasteiger partial charge in [0.2, 0.25) is 0 Å². The van der Waals surface area contributed by atoms with Crippen LogP contribution in [0.1, 0.15) is 12.8 Å². The molecule has 1 heterocycles. The highest BCUT2D eigenvalue weighted by atomic mass is 32.2. The van der Waals surface area contributed by atoms with Crippen LogP contribution in [0.2, 0.25) is 0 Å². The minimum atomic E-state index is -5.28. The number of hydrogen-bond acceptors (Lipinski definition) is 4. The van der Waals surface area contributed by atoms with Crippen LogP contribution < -0.4 is 10.6 Å². The van der Waals surface area contributed by atoms with Gasteiger partial charge in [0.25, 0.3) is 0 Å². The Kier molecular flexibility index (Phi) is 7.84. The summed E-state index contributed by atoms with van der Waals surface area (Å²) in [5, 5.41) is 6.08. The highest BCUT2D eigenvalue weighted by Gasteiger charge is 2.50. The van der Waals surface area contributed by atoms with E-state index < -0.39 is 26.3 Å². The lowest BCUT2D eigenvalue weighted by molar-refractivity contribution is -0.0494. The minimum Gasteiger partial charge on any atom is -0.355 e. The highest BCUT2D eigenvalue weighted by Crippen LogP contribution is 2.28. The smallest absolute Gasteiger partial charge is 0.355 e. The molecule has 1 aliphatic heterocycles. The zero-order chi connectivity index (χ0) is 20.8. The number of hydrogen-bond donors (Lipinski definition) is 2. The van der Waals surface area contributed by atoms with Crippen LogP contribution in [0.15, 0.2) is 40.2 Å². The number of halogens is 3. The second-order valence-corrected chi connectivity index (χ2v) is 9.63. The van der Waals surface area contributed by atoms with E-state index in [4.69, 9.17) is 0 Å². The summed E-state index contributed by atoms with van der Waals surface area (Å²) in [5.74, 6) is 0.801. The Balaban J connectivity index is 1.78. The molecule has 158 valence electrons. The summed E-state index contributed by atoms with van der Waals surface area (Å²) < 4.78 is 73.3. The monoisotopic (exact) mass is 440 g/mol. The zero-order valence-corrected chi connectivity index (χ0v) is 16.9. The van der Waals surface area contributed by atoms with Crippen molar-refractivity contribution in [1.29, 1.82) is 0 Å². The summed E-state index contributed by atoms with van der Waals surface area (Å²) in [6.07, 6.45) is 0.456. The summed E-state index contributed by atoms with van der Waals surface area (Å²) >= 11 is 0. The third-order valence-corrected chi connectivity index (χ3v) is 7.24. The van der Waals surface area contributed by atoms with Crippen molar-refractivity contribution in [3.63, 3.8) is 0 Å². The Morgan fingerprint density at radius 1 is 1.25 bits per heavy atom. The van der Waals surface area contributed by atoms with E-state index in [0.717, 1.165) is 4.90 Å². The van der Waals surface area contributed by atoms with Crippen LogP contribution in [0, 0.1) is 0 Å². The van der Waals surface area contributed by atoms with Crippen LogP contribution in [-0.2, 0) is 20.8 Å². The Hall–Kier alpha value is -1.66. The van der Waals surface area contributed by atoms with Crippen molar-refractivity contribution in [2.75, 3.05) is 32.4 Å². The van der Waals surface area contributed by atoms with Gasteiger partial charge in [-0.05, 0) is 25.0 Å². The van der Waals surface area contributed by atoms with Crippen LogP contribution in [0.3, 0.4) is 0 Å². The number of aliphatic imine (C=N–C) groups is 1. The van der Waals surface area contributed by atoms with Crippen LogP contribution in [0.4, 0.5) is 13.2 Å². The first kappa shape index (κ1) is 22.6. The molecule has 0 bridgehead atoms. The van der Waals surface area contributed by atoms with Crippen molar-refractivity contribution in [3.8, 4) is 0 Å². The Morgan fingerprint density at radius 3 is 2.39 bits per heavy atom. The average molecular weight is 441 g/mol. The molecule has 7 nitrogen and oxygen atoms in total. The van der Waals surface area contributed by atoms with Gasteiger partial charge in [0, 0.05) is 43.4 Å². The van der Waals surface area contributed by atoms with E-state index in [1.165, 1.54) is 0 Å². The van der Waals surface area contributed by atoms with E-state index in [2.05, 4.69) is 15.6 Å². The van der Waals surface area contributed by atoms with Gasteiger partial charge in [-0.15, -0.1) is 0 Å². The fourth-order valence-electron chi connectivity index (χ4n) is 2.73. The second kappa shape index (κ2) is 9.70. The van der Waals surface area contributed by atoms with Gasteiger partial charge < -0.3 is 10.6 Å². The number of piperidine rings is 1. The fraction of sp³-hybridized carbons (Fsp3) is 0.562. The van der Waals surface area contributed by atoms with Crippen molar-refractivity contribution in [2.45, 2.75) is 29.3 Å². The largest absolute Gasteiger partial charge is 0.511 e. The number of guanidine groups is 1. The quantitative estimate of drug-likeness (QED) is 0.514. The molecule has 1 aliphatic rings. The predicted octanol–water partition coefficient (Wildman–Crippen LogP) is 1.27. The van der Waals surface area contributed by atoms with Gasteiger partial charge in [-0.2, -0.15) is 17.5 Å². The van der Waals surface area contributed by atoms with Crippen molar-refractivity contribution in [2.24, 2.45) is 4.99 Å². The highest BCUT2D eigenvalue weighted by molar-refractivity contribution is 7.90. The summed E-state index contributed by atoms with van der Waals surface area (Å²) in [5.41, 5.74) is -5.28. The topological polar surface area (TPSA) is 90.9 Å². The van der Waals surface area contributed by atoms with Crippen molar-refractivity contribution < 1.29 is 25.8 Å². The standard InChI is InChI=1S/C16H23F3N4O3S2/c1-20-15(21-9-12-27(24)14-5-3-2-4-6-14)22-13-7-10-23(11-8-13)28(25,26)16(17,18)19/h2-6,13H,7-12H2,1H3,(H2,20,21,22). The Morgan fingerprint density at radius 2 is 1.86 bits per heavy atom. The van der Waals surface area contributed by atoms with Crippen LogP contribution in [-0.4, -0.2) is 66.9 Å². The van der Waals surface area contributed by atoms with Gasteiger partial charge in [0.1, 0.15) is 0 Å². The van der Waals surface area contributed by atoms with Crippen molar-refractivity contribution >= 4 is 26.8 Å². The molecular formula is C16H23F3N4O3S2. The molecule has 1 fully saturated rings. The van der Waals surface area contributed by atoms with E-state index in [1.54, 1.807) is 19.2 Å². The van der Waals surface area contributed by atoms with Crippen molar-refractivity contribution in [1.82, 2.24) is 14.9 Å². The maximum Gasteiger partial charge on any atom is 0.511 e. The summed E-state index contributed by atoms with van der Waals surface area (Å²) in [6, 6.07) is 8.83. The maximum atomic E-state index is 12.6. The van der Waals surface area contributed by atoms with Crippen LogP contribution in [0.25, 0.3) is 0 Å². The molecule has 0 radical (unpaired) electrons. The Labute approximate surface area is 164 Å². The van der Waals surface area contributed by atoms with Gasteiger partial charge in [-0.1, -0.05) is 18.2 Å². The van der Waals surface area contributed by atoms with Gasteiger partial charge in [-0.25, -0.2) is 8.42 Å². The van der Waals surface area contributed by atoms with E-state index >= 15 is 0 Å². The predicted molar refractivity (Wildman–Crippen MR) is 102 cm³/mol. The van der Waals surface area contributed by atoms with Gasteiger partial charge in [-0.3, -0.25) is 9.20 Å². The molecule has 1 unspecified atom stereocenters. The third kappa shape index (κ3) is 5.92. The van der Waals surface area contributed by atoms with Gasteiger partial charge in [0.05, 0.1) is 10.8 Å². The normalized spacial score (nSPS) is 18.6. The molecule has 2 N–H and O–H groups in total. The van der Waals surface area contributed by atoms with Gasteiger partial charge >= 0.3 is 15.5 Å². The lowest BCUT2D eigenvalue weighted by Gasteiger charge is -2.32. The molecule has 12 heteroatoms. The molecule has 0 amide bonds. The van der Waals surface area contributed by atoms with Crippen LogP contribution >= 0.6 is 0 Å². The number of rotatable bonds is 6. The average Bonchev–Trinajstić information content (AvgIpc) is 2.67. The molecule has 2 rings (SSSR count). The molecule has 0 saturated carbocycles. The molecule has 0 aromatic heterocycles. The van der Waals surface area contributed by atoms with E-state index in [9.17, 15) is 25.8 Å². The number of alkyl halides is 3. The molecular weight excluding hydrogens is 417 g/mol. The molecule has 1 saturated heterocycles. The first-order chi connectivity index (χ1) is 13.1. The third-order valence-electron chi connectivity index (χ3n) is 4.24. The zero-order valence-electron chi connectivity index (χ0n) is 15.3. The molecule has 1 aromatic rings. The Bertz CT molecular complexity index is 793. The molecule has 0 spiro atoms. The molecule has 1 atom stereocenters. The lowest BCUT2D eigenvalue weighted by Crippen LogP contribution is -2.52. The van der Waals surface area contributed by atoms with E-state index in [0.29, 0.717) is 22.6 Å². The first-order valence-corrected chi connectivity index (χ1v) is 11.4. The first-order valence-electron chi connectivity index (χ1n) is 8.62. The number of sulfonamides is 1. The van der Waals surface area contributed by atoms with E-state index in [-0.39, 0.29) is 32.0 Å². The number of nitrogens with one attached hydrogen (secondary N) is 2. The summed E-state index contributed by atoms with van der Waals surface area (Å²) in [4.78, 5) is 4.77. The van der Waals surface area contributed by atoms with Gasteiger partial charge in [0.15, 0.2) is 5.96 Å². The summed E-state index contributed by atoms with van der Waals surface area (Å²) in [7, 11) is -4.89. The van der Waals surface area contributed by atoms with Crippen LogP contribution in [0.5, 0.6) is 0 Å². The lowest BCUT2D eigenvalue weighted by atomic mass is 10.1. The number of nitrogens with zero attached hydrogens (tertiary/aromatic N) is 2. The molecule has 1 aromatic carbocycles. The number of benzene rings is 1. The molecule has 0 aliphatic carbocycles. The summed E-state index contributed by atoms with van der Waals surface area (Å²) in [6.45, 7) is -0.0362. The molecule has 28 heavy (non-hydrogen) atoms. The maximum absolute atomic E-state index is 12.6.